The Labute approximate surface area is 102 Å². The van der Waals surface area contributed by atoms with E-state index in [-0.39, 0.29) is 11.5 Å². The van der Waals surface area contributed by atoms with Crippen LogP contribution >= 0.6 is 11.3 Å². The average molecular weight is 247 g/mol. The van der Waals surface area contributed by atoms with Gasteiger partial charge in [-0.2, -0.15) is 0 Å². The van der Waals surface area contributed by atoms with E-state index in [4.69, 9.17) is 10.2 Å². The molecule has 0 aliphatic carbocycles. The van der Waals surface area contributed by atoms with Gasteiger partial charge in [0.05, 0.1) is 10.6 Å². The molecule has 86 valence electrons. The summed E-state index contributed by atoms with van der Waals surface area (Å²) in [6.45, 7) is 0. The summed E-state index contributed by atoms with van der Waals surface area (Å²) >= 11 is 1.32. The first-order chi connectivity index (χ1) is 8.16. The second-order valence-corrected chi connectivity index (χ2v) is 4.21. The fraction of sp³-hybridized carbons (Fsp3) is 0. The van der Waals surface area contributed by atoms with Crippen LogP contribution in [0, 0.1) is 0 Å². The molecule has 1 aromatic heterocycles. The second kappa shape index (κ2) is 4.80. The summed E-state index contributed by atoms with van der Waals surface area (Å²) in [5, 5.41) is 20.0. The number of aliphatic imine (C=N–C) groups is 1. The summed E-state index contributed by atoms with van der Waals surface area (Å²) in [5.41, 5.74) is 0.499. The molecule has 0 aliphatic rings. The van der Waals surface area contributed by atoms with Gasteiger partial charge >= 0.3 is 5.97 Å². The molecule has 0 amide bonds. The minimum atomic E-state index is -1.07. The van der Waals surface area contributed by atoms with E-state index in [1.807, 2.05) is 0 Å². The largest absolute Gasteiger partial charge is 0.508 e. The fourth-order valence-corrected chi connectivity index (χ4v) is 1.98. The molecule has 5 heteroatoms. The molecule has 0 fully saturated rings. The van der Waals surface area contributed by atoms with Crippen LogP contribution in [-0.4, -0.2) is 21.9 Å². The van der Waals surface area contributed by atoms with E-state index in [9.17, 15) is 4.79 Å². The molecule has 0 atom stereocenters. The number of carboxylic acids is 1. The van der Waals surface area contributed by atoms with Crippen LogP contribution in [0.4, 0.5) is 5.69 Å². The zero-order valence-corrected chi connectivity index (χ0v) is 9.52. The molecule has 0 aliphatic heterocycles. The van der Waals surface area contributed by atoms with E-state index in [1.54, 1.807) is 29.6 Å². The Balaban J connectivity index is 2.40. The highest BCUT2D eigenvalue weighted by molar-refractivity contribution is 7.13. The molecule has 2 rings (SSSR count). The van der Waals surface area contributed by atoms with E-state index >= 15 is 0 Å². The molecule has 0 spiro atoms. The average Bonchev–Trinajstić information content (AvgIpc) is 2.81. The Hall–Kier alpha value is -2.14. The smallest absolute Gasteiger partial charge is 0.355 e. The van der Waals surface area contributed by atoms with Crippen molar-refractivity contribution in [2.24, 2.45) is 4.99 Å². The molecule has 0 saturated carbocycles. The Morgan fingerprint density at radius 3 is 2.41 bits per heavy atom. The molecule has 0 bridgehead atoms. The normalized spacial score (nSPS) is 11.4. The Bertz CT molecular complexity index is 544. The van der Waals surface area contributed by atoms with Crippen molar-refractivity contribution in [3.8, 4) is 5.75 Å². The number of aromatic hydroxyl groups is 1. The molecule has 17 heavy (non-hydrogen) atoms. The molecule has 0 unspecified atom stereocenters. The van der Waals surface area contributed by atoms with Crippen LogP contribution in [0.5, 0.6) is 5.75 Å². The Morgan fingerprint density at radius 1 is 1.18 bits per heavy atom. The number of aliphatic carboxylic acids is 1. The maximum atomic E-state index is 11.1. The number of rotatable bonds is 3. The van der Waals surface area contributed by atoms with Crippen LogP contribution < -0.4 is 0 Å². The lowest BCUT2D eigenvalue weighted by Gasteiger charge is -1.99. The Kier molecular flexibility index (Phi) is 3.20. The number of thiophene rings is 1. The van der Waals surface area contributed by atoms with Gasteiger partial charge in [-0.05, 0) is 35.7 Å². The predicted molar refractivity (Wildman–Crippen MR) is 66.3 cm³/mol. The van der Waals surface area contributed by atoms with Gasteiger partial charge < -0.3 is 10.2 Å². The topological polar surface area (TPSA) is 69.9 Å². The van der Waals surface area contributed by atoms with Gasteiger partial charge in [0.1, 0.15) is 5.75 Å². The first-order valence-electron chi connectivity index (χ1n) is 4.82. The molecule has 1 heterocycles. The van der Waals surface area contributed by atoms with E-state index < -0.39 is 5.97 Å². The summed E-state index contributed by atoms with van der Waals surface area (Å²) in [6.07, 6.45) is 0. The van der Waals surface area contributed by atoms with Gasteiger partial charge in [0, 0.05) is 0 Å². The Morgan fingerprint density at radius 2 is 1.88 bits per heavy atom. The van der Waals surface area contributed by atoms with Crippen LogP contribution in [0.15, 0.2) is 46.8 Å². The number of nitrogens with zero attached hydrogens (tertiary/aromatic N) is 1. The highest BCUT2D eigenvalue weighted by Crippen LogP contribution is 2.19. The minimum Gasteiger partial charge on any atom is -0.508 e. The molecule has 4 nitrogen and oxygen atoms in total. The number of carbonyl (C=O) groups is 1. The third-order valence-corrected chi connectivity index (χ3v) is 2.92. The molecule has 1 aromatic carbocycles. The summed E-state index contributed by atoms with van der Waals surface area (Å²) in [7, 11) is 0. The molecule has 0 radical (unpaired) electrons. The van der Waals surface area contributed by atoms with Crippen molar-refractivity contribution in [2.45, 2.75) is 0 Å². The number of phenols is 1. The number of carboxylic acid groups (broad SMARTS) is 1. The van der Waals surface area contributed by atoms with Crippen molar-refractivity contribution in [3.05, 3.63) is 46.7 Å². The molecule has 0 saturated heterocycles. The van der Waals surface area contributed by atoms with E-state index in [2.05, 4.69) is 4.99 Å². The number of hydrogen-bond donors (Lipinski definition) is 2. The highest BCUT2D eigenvalue weighted by Gasteiger charge is 2.13. The zero-order valence-electron chi connectivity index (χ0n) is 8.70. The lowest BCUT2D eigenvalue weighted by molar-refractivity contribution is -0.129. The summed E-state index contributed by atoms with van der Waals surface area (Å²) < 4.78 is 0. The van der Waals surface area contributed by atoms with Gasteiger partial charge in [-0.25, -0.2) is 9.79 Å². The SMILES string of the molecule is O=C(O)C(=Nc1ccc(O)cc1)c1cccs1. The van der Waals surface area contributed by atoms with Gasteiger partial charge in [-0.15, -0.1) is 11.3 Å². The minimum absolute atomic E-state index is 0.00527. The summed E-state index contributed by atoms with van der Waals surface area (Å²) in [5.74, 6) is -0.947. The predicted octanol–water partition coefficient (Wildman–Crippen LogP) is 2.66. The van der Waals surface area contributed by atoms with Crippen LogP contribution in [0.1, 0.15) is 4.88 Å². The standard InChI is InChI=1S/C12H9NO3S/c14-9-5-3-8(4-6-9)13-11(12(15)16)10-2-1-7-17-10/h1-7,14H,(H,15,16). The summed E-state index contributed by atoms with van der Waals surface area (Å²) in [6, 6.07) is 9.53. The monoisotopic (exact) mass is 247 g/mol. The van der Waals surface area contributed by atoms with E-state index in [1.165, 1.54) is 23.5 Å². The van der Waals surface area contributed by atoms with Crippen molar-refractivity contribution in [3.63, 3.8) is 0 Å². The number of benzene rings is 1. The number of hydrogen-bond acceptors (Lipinski definition) is 4. The zero-order chi connectivity index (χ0) is 12.3. The third-order valence-electron chi connectivity index (χ3n) is 2.05. The van der Waals surface area contributed by atoms with Crippen LogP contribution in [0.3, 0.4) is 0 Å². The lowest BCUT2D eigenvalue weighted by atomic mass is 10.2. The van der Waals surface area contributed by atoms with E-state index in [0.29, 0.717) is 10.6 Å². The van der Waals surface area contributed by atoms with Gasteiger partial charge in [0.15, 0.2) is 5.71 Å². The maximum absolute atomic E-state index is 11.1. The maximum Gasteiger partial charge on any atom is 0.355 e. The quantitative estimate of drug-likeness (QED) is 0.819. The first kappa shape index (κ1) is 11.3. The van der Waals surface area contributed by atoms with E-state index in [0.717, 1.165) is 0 Å². The van der Waals surface area contributed by atoms with Crippen LogP contribution in [-0.2, 0) is 4.79 Å². The highest BCUT2D eigenvalue weighted by atomic mass is 32.1. The third kappa shape index (κ3) is 2.70. The molecular weight excluding hydrogens is 238 g/mol. The fourth-order valence-electron chi connectivity index (χ4n) is 1.28. The first-order valence-corrected chi connectivity index (χ1v) is 5.69. The second-order valence-electron chi connectivity index (χ2n) is 3.26. The summed E-state index contributed by atoms with van der Waals surface area (Å²) in [4.78, 5) is 15.8. The van der Waals surface area contributed by atoms with Gasteiger partial charge in [0.25, 0.3) is 0 Å². The van der Waals surface area contributed by atoms with Crippen LogP contribution in [0.2, 0.25) is 0 Å². The number of phenolic OH excluding ortho intramolecular Hbond substituents is 1. The van der Waals surface area contributed by atoms with Crippen molar-refractivity contribution in [1.82, 2.24) is 0 Å². The molecule has 2 aromatic rings. The van der Waals surface area contributed by atoms with Gasteiger partial charge in [-0.3, -0.25) is 0 Å². The van der Waals surface area contributed by atoms with Crippen molar-refractivity contribution >= 4 is 28.7 Å². The molecular formula is C12H9NO3S. The lowest BCUT2D eigenvalue weighted by Crippen LogP contribution is -2.12. The molecule has 2 N–H and O–H groups in total. The van der Waals surface area contributed by atoms with Crippen molar-refractivity contribution in [1.29, 1.82) is 0 Å². The van der Waals surface area contributed by atoms with Crippen molar-refractivity contribution < 1.29 is 15.0 Å². The van der Waals surface area contributed by atoms with Crippen molar-refractivity contribution in [2.75, 3.05) is 0 Å². The van der Waals surface area contributed by atoms with Gasteiger partial charge in [-0.1, -0.05) is 6.07 Å². The van der Waals surface area contributed by atoms with Crippen LogP contribution in [0.25, 0.3) is 0 Å². The van der Waals surface area contributed by atoms with Gasteiger partial charge in [0.2, 0.25) is 0 Å².